The van der Waals surface area contributed by atoms with Crippen LogP contribution in [0, 0.1) is 95.8 Å². The van der Waals surface area contributed by atoms with Gasteiger partial charge in [0.15, 0.2) is 46.0 Å². The van der Waals surface area contributed by atoms with Gasteiger partial charge in [-0.15, -0.1) is 0 Å². The molecule has 0 saturated heterocycles. The highest BCUT2D eigenvalue weighted by Gasteiger charge is 2.20. The molecule has 6 aromatic rings. The fourth-order valence-corrected chi connectivity index (χ4v) is 4.48. The maximum atomic E-state index is 10.1. The van der Waals surface area contributed by atoms with E-state index in [-0.39, 0.29) is 0 Å². The highest BCUT2D eigenvalue weighted by molar-refractivity contribution is 5.57. The molecule has 0 spiro atoms. The van der Waals surface area contributed by atoms with E-state index in [1.165, 1.54) is 24.3 Å². The second kappa shape index (κ2) is 24.3. The van der Waals surface area contributed by atoms with Gasteiger partial charge in [-0.25, -0.2) is 0 Å². The zero-order valence-corrected chi connectivity index (χ0v) is 35.3. The predicted octanol–water partition coefficient (Wildman–Crippen LogP) is 7.44. The highest BCUT2D eigenvalue weighted by Crippen LogP contribution is 2.36. The Balaban J connectivity index is 0.000000384. The van der Waals surface area contributed by atoms with Gasteiger partial charge in [-0.3, -0.25) is 60.4 Å². The molecule has 2 aromatic heterocycles. The summed E-state index contributed by atoms with van der Waals surface area (Å²) in [5.74, 6) is -4.26. The van der Waals surface area contributed by atoms with Crippen molar-refractivity contribution in [3.63, 3.8) is 0 Å². The van der Waals surface area contributed by atoms with Crippen LogP contribution in [0.2, 0.25) is 0 Å². The van der Waals surface area contributed by atoms with E-state index < -0.39 is 88.4 Å². The van der Waals surface area contributed by atoms with Gasteiger partial charge in [0.05, 0.1) is 65.2 Å². The van der Waals surface area contributed by atoms with Crippen LogP contribution in [0.15, 0.2) is 72.8 Å². The number of rotatable bonds is 4. The minimum absolute atomic E-state index is 0.532. The largest absolute Gasteiger partial charge is 0.502 e. The van der Waals surface area contributed by atoms with Crippen LogP contribution in [-0.4, -0.2) is 80.5 Å². The number of hydrogen-bond acceptors (Lipinski definition) is 20. The highest BCUT2D eigenvalue weighted by atomic mass is 16.6. The summed E-state index contributed by atoms with van der Waals surface area (Å²) in [4.78, 5) is 54.4. The lowest BCUT2D eigenvalue weighted by Gasteiger charge is -2.01. The smallest absolute Gasteiger partial charge is 0.351 e. The molecule has 64 heavy (non-hydrogen) atoms. The van der Waals surface area contributed by atoms with Crippen molar-refractivity contribution in [2.24, 2.45) is 0 Å². The number of aromatic hydroxyl groups is 8. The number of aromatic nitrogens is 4. The first-order chi connectivity index (χ1) is 29.7. The summed E-state index contributed by atoms with van der Waals surface area (Å²) in [6.07, 6.45) is 0. The molecule has 0 aliphatic carbocycles. The molecule has 0 aliphatic rings. The normalized spacial score (nSPS) is 9.62. The van der Waals surface area contributed by atoms with Gasteiger partial charge in [0.1, 0.15) is 0 Å². The maximum absolute atomic E-state index is 10.1. The van der Waals surface area contributed by atoms with Gasteiger partial charge in [0.2, 0.25) is 0 Å². The first kappa shape index (κ1) is 53.1. The van der Waals surface area contributed by atoms with Crippen molar-refractivity contribution in [1.29, 1.82) is 0 Å². The molecule has 6 rings (SSSR count). The molecule has 4 aromatic carbocycles. The van der Waals surface area contributed by atoms with Crippen molar-refractivity contribution in [3.8, 4) is 46.0 Å². The number of para-hydroxylation sites is 4. The first-order valence-corrected chi connectivity index (χ1v) is 17.9. The summed E-state index contributed by atoms with van der Waals surface area (Å²) >= 11 is 0. The van der Waals surface area contributed by atoms with E-state index in [9.17, 15) is 40.5 Å². The van der Waals surface area contributed by atoms with Gasteiger partial charge < -0.3 is 40.9 Å². The van der Waals surface area contributed by atoms with Crippen LogP contribution in [0.25, 0.3) is 0 Å². The van der Waals surface area contributed by atoms with Crippen molar-refractivity contribution in [1.82, 2.24) is 19.9 Å². The van der Waals surface area contributed by atoms with Crippen LogP contribution in [0.3, 0.4) is 0 Å². The van der Waals surface area contributed by atoms with Gasteiger partial charge in [0, 0.05) is 0 Å². The number of benzene rings is 4. The average Bonchev–Trinajstić information content (AvgIpc) is 3.17. The Labute approximate surface area is 363 Å². The van der Waals surface area contributed by atoms with Crippen LogP contribution >= 0.6 is 0 Å². The van der Waals surface area contributed by atoms with Crippen molar-refractivity contribution in [2.75, 3.05) is 0 Å². The zero-order valence-electron chi connectivity index (χ0n) is 35.3. The van der Waals surface area contributed by atoms with Gasteiger partial charge in [-0.05, 0) is 104 Å². The molecule has 0 fully saturated rings. The Morgan fingerprint density at radius 1 is 0.297 bits per heavy atom. The van der Waals surface area contributed by atoms with E-state index in [0.717, 1.165) is 94.1 Å². The molecule has 0 amide bonds. The number of phenols is 8. The van der Waals surface area contributed by atoms with Crippen LogP contribution < -0.4 is 0 Å². The molecule has 0 aliphatic heterocycles. The quantitative estimate of drug-likeness (QED) is 0.0629. The van der Waals surface area contributed by atoms with Crippen LogP contribution in [0.5, 0.6) is 46.0 Å². The predicted molar refractivity (Wildman–Crippen MR) is 228 cm³/mol. The molecule has 0 saturated carbocycles. The SMILES string of the molecule is Cc1nc(C)c(C)nc1C.Cc1nc(C)c(C)nc1C.O=[N+]([O-])c1c(O)cccc1O.O=[N+]([O-])c1c(O)cccc1O.O=[N+]([O-])c1c(O)cccc1O.O=[N+]([O-])c1c(O)cccc1O. The lowest BCUT2D eigenvalue weighted by Crippen LogP contribution is -1.97. The van der Waals surface area contributed by atoms with E-state index in [2.05, 4.69) is 19.9 Å². The third-order valence-corrected chi connectivity index (χ3v) is 8.14. The van der Waals surface area contributed by atoms with Crippen molar-refractivity contribution >= 4 is 22.7 Å². The average molecular weight is 893 g/mol. The lowest BCUT2D eigenvalue weighted by atomic mass is 10.3. The standard InChI is InChI=1S/2C8H12N2.4C6H5NO4/c2*1-5-6(2)10-8(4)7(3)9-5;4*8-4-2-1-3-5(9)6(4)7(10)11/h2*1-4H3;4*1-3,8-9H. The molecule has 0 bridgehead atoms. The van der Waals surface area contributed by atoms with Crippen LogP contribution in [0.4, 0.5) is 22.7 Å². The molecular formula is C40H44N8O16. The zero-order chi connectivity index (χ0) is 49.2. The van der Waals surface area contributed by atoms with E-state index in [1.807, 2.05) is 55.4 Å². The minimum Gasteiger partial charge on any atom is -0.502 e. The van der Waals surface area contributed by atoms with Gasteiger partial charge in [-0.1, -0.05) is 24.3 Å². The number of aryl methyl sites for hydroxylation is 8. The first-order valence-electron chi connectivity index (χ1n) is 17.9. The van der Waals surface area contributed by atoms with Gasteiger partial charge >= 0.3 is 22.7 Å². The molecule has 340 valence electrons. The Hall–Kier alpha value is -8.96. The molecule has 0 radical (unpaired) electrons. The maximum Gasteiger partial charge on any atom is 0.351 e. The van der Waals surface area contributed by atoms with Gasteiger partial charge in [0.25, 0.3) is 0 Å². The summed E-state index contributed by atoms with van der Waals surface area (Å²) in [6.45, 7) is 15.8. The molecule has 0 unspecified atom stereocenters. The molecule has 2 heterocycles. The molecule has 24 nitrogen and oxygen atoms in total. The third kappa shape index (κ3) is 15.9. The Morgan fingerprint density at radius 2 is 0.406 bits per heavy atom. The number of nitrogens with zero attached hydrogens (tertiary/aromatic N) is 8. The molecular weight excluding hydrogens is 848 g/mol. The van der Waals surface area contributed by atoms with Gasteiger partial charge in [-0.2, -0.15) is 0 Å². The fourth-order valence-electron chi connectivity index (χ4n) is 4.48. The molecule has 0 atom stereocenters. The second-order valence-corrected chi connectivity index (χ2v) is 12.7. The van der Waals surface area contributed by atoms with Crippen molar-refractivity contribution in [2.45, 2.75) is 55.4 Å². The summed E-state index contributed by atoms with van der Waals surface area (Å²) in [5, 5.41) is 111. The lowest BCUT2D eigenvalue weighted by molar-refractivity contribution is -0.387. The number of nitro benzene ring substituents is 4. The Bertz CT molecular complexity index is 2140. The fraction of sp³-hybridized carbons (Fsp3) is 0.200. The summed E-state index contributed by atoms with van der Waals surface area (Å²) in [7, 11) is 0. The number of hydrogen-bond donors (Lipinski definition) is 8. The number of nitro groups is 4. The van der Waals surface area contributed by atoms with E-state index in [1.54, 1.807) is 0 Å². The Kier molecular flexibility index (Phi) is 20.2. The summed E-state index contributed by atoms with van der Waals surface area (Å²) in [6, 6.07) is 14.4. The molecule has 8 N–H and O–H groups in total. The minimum atomic E-state index is -0.843. The number of phenolic OH excluding ortho intramolecular Hbond substituents is 8. The van der Waals surface area contributed by atoms with Crippen molar-refractivity contribution < 1.29 is 60.5 Å². The van der Waals surface area contributed by atoms with E-state index in [4.69, 9.17) is 40.9 Å². The third-order valence-electron chi connectivity index (χ3n) is 8.14. The topological polar surface area (TPSA) is 386 Å². The summed E-state index contributed by atoms with van der Waals surface area (Å²) < 4.78 is 0. The van der Waals surface area contributed by atoms with E-state index in [0.29, 0.717) is 0 Å². The monoisotopic (exact) mass is 892 g/mol. The van der Waals surface area contributed by atoms with Crippen LogP contribution in [0.1, 0.15) is 45.6 Å². The Morgan fingerprint density at radius 3 is 0.484 bits per heavy atom. The molecule has 24 heteroatoms. The van der Waals surface area contributed by atoms with Crippen molar-refractivity contribution in [3.05, 3.63) is 159 Å². The van der Waals surface area contributed by atoms with E-state index >= 15 is 0 Å². The summed E-state index contributed by atoms with van der Waals surface area (Å²) in [5.41, 5.74) is 5.61. The second-order valence-electron chi connectivity index (χ2n) is 12.7. The van der Waals surface area contributed by atoms with Crippen LogP contribution in [-0.2, 0) is 0 Å².